The van der Waals surface area contributed by atoms with E-state index < -0.39 is 0 Å². The van der Waals surface area contributed by atoms with Crippen LogP contribution >= 0.6 is 0 Å². The van der Waals surface area contributed by atoms with Crippen LogP contribution in [0, 0.1) is 0 Å². The maximum absolute atomic E-state index is 9.15. The average molecular weight is 166 g/mol. The van der Waals surface area contributed by atoms with Gasteiger partial charge in [-0.3, -0.25) is 0 Å². The van der Waals surface area contributed by atoms with Crippen LogP contribution in [0.5, 0.6) is 5.75 Å². The summed E-state index contributed by atoms with van der Waals surface area (Å²) in [4.78, 5) is 0. The van der Waals surface area contributed by atoms with Crippen molar-refractivity contribution in [2.24, 2.45) is 5.73 Å². The standard InChI is InChI=1S/C9H14N2O/c10-5-1-2-7-6-8(12)3-4-9(7)11/h3-4,6,12H,1-2,5,10-11H2. The molecule has 5 N–H and O–H groups in total. The SMILES string of the molecule is NCCCc1cc(O)ccc1N. The number of nitrogens with two attached hydrogens (primary N) is 2. The largest absolute Gasteiger partial charge is 0.508 e. The van der Waals surface area contributed by atoms with Gasteiger partial charge in [0, 0.05) is 5.69 Å². The Labute approximate surface area is 72.0 Å². The summed E-state index contributed by atoms with van der Waals surface area (Å²) in [6.07, 6.45) is 1.73. The number of aryl methyl sites for hydroxylation is 1. The Kier molecular flexibility index (Phi) is 2.94. The average Bonchev–Trinajstić information content (AvgIpc) is 2.07. The fourth-order valence-corrected chi connectivity index (χ4v) is 1.10. The molecule has 0 unspecified atom stereocenters. The van der Waals surface area contributed by atoms with Crippen LogP contribution in [0.3, 0.4) is 0 Å². The van der Waals surface area contributed by atoms with Crippen molar-refractivity contribution in [2.45, 2.75) is 12.8 Å². The smallest absolute Gasteiger partial charge is 0.116 e. The Balaban J connectivity index is 2.75. The van der Waals surface area contributed by atoms with Crippen molar-refractivity contribution < 1.29 is 5.11 Å². The van der Waals surface area contributed by atoms with Gasteiger partial charge in [-0.15, -0.1) is 0 Å². The van der Waals surface area contributed by atoms with Gasteiger partial charge in [-0.2, -0.15) is 0 Å². The lowest BCUT2D eigenvalue weighted by atomic mass is 10.1. The van der Waals surface area contributed by atoms with Gasteiger partial charge in [0.05, 0.1) is 0 Å². The number of nitrogen functional groups attached to an aromatic ring is 1. The van der Waals surface area contributed by atoms with Crippen LogP contribution in [-0.2, 0) is 6.42 Å². The number of aromatic hydroxyl groups is 1. The molecule has 3 heteroatoms. The van der Waals surface area contributed by atoms with Gasteiger partial charge in [-0.25, -0.2) is 0 Å². The molecule has 0 spiro atoms. The second-order valence-electron chi connectivity index (χ2n) is 2.78. The van der Waals surface area contributed by atoms with Crippen LogP contribution in [0.2, 0.25) is 0 Å². The third-order valence-electron chi connectivity index (χ3n) is 1.78. The van der Waals surface area contributed by atoms with E-state index in [9.17, 15) is 0 Å². The zero-order chi connectivity index (χ0) is 8.97. The molecule has 0 fully saturated rings. The number of benzene rings is 1. The van der Waals surface area contributed by atoms with Gasteiger partial charge in [-0.1, -0.05) is 0 Å². The normalized spacial score (nSPS) is 10.1. The maximum Gasteiger partial charge on any atom is 0.116 e. The van der Waals surface area contributed by atoms with E-state index in [4.69, 9.17) is 16.6 Å². The van der Waals surface area contributed by atoms with Crippen molar-refractivity contribution in [1.29, 1.82) is 0 Å². The lowest BCUT2D eigenvalue weighted by Gasteiger charge is -2.04. The van der Waals surface area contributed by atoms with Gasteiger partial charge in [-0.05, 0) is 43.1 Å². The fraction of sp³-hybridized carbons (Fsp3) is 0.333. The van der Waals surface area contributed by atoms with Gasteiger partial charge in [0.2, 0.25) is 0 Å². The number of anilines is 1. The highest BCUT2D eigenvalue weighted by Gasteiger charge is 1.99. The number of hydrogen-bond donors (Lipinski definition) is 3. The van der Waals surface area contributed by atoms with Crippen molar-refractivity contribution >= 4 is 5.69 Å². The molecule has 1 aromatic carbocycles. The van der Waals surface area contributed by atoms with Crippen LogP contribution in [-0.4, -0.2) is 11.7 Å². The minimum atomic E-state index is 0.260. The van der Waals surface area contributed by atoms with E-state index in [-0.39, 0.29) is 5.75 Å². The minimum absolute atomic E-state index is 0.260. The molecule has 0 aliphatic heterocycles. The van der Waals surface area contributed by atoms with Crippen molar-refractivity contribution in [3.8, 4) is 5.75 Å². The molecular formula is C9H14N2O. The molecule has 0 radical (unpaired) electrons. The predicted molar refractivity (Wildman–Crippen MR) is 49.9 cm³/mol. The number of rotatable bonds is 3. The first kappa shape index (κ1) is 8.87. The summed E-state index contributed by atoms with van der Waals surface area (Å²) in [5, 5.41) is 9.15. The Hall–Kier alpha value is -1.22. The van der Waals surface area contributed by atoms with E-state index in [1.165, 1.54) is 0 Å². The number of hydrogen-bond acceptors (Lipinski definition) is 3. The first-order valence-corrected chi connectivity index (χ1v) is 4.01. The number of phenolic OH excluding ortho intramolecular Hbond substituents is 1. The van der Waals surface area contributed by atoms with E-state index in [0.717, 1.165) is 24.1 Å². The fourth-order valence-electron chi connectivity index (χ4n) is 1.10. The van der Waals surface area contributed by atoms with Gasteiger partial charge >= 0.3 is 0 Å². The quantitative estimate of drug-likeness (QED) is 0.460. The molecule has 0 atom stereocenters. The Bertz CT molecular complexity index is 261. The summed E-state index contributed by atoms with van der Waals surface area (Å²) in [5.41, 5.74) is 12.7. The lowest BCUT2D eigenvalue weighted by molar-refractivity contribution is 0.474. The lowest BCUT2D eigenvalue weighted by Crippen LogP contribution is -2.02. The van der Waals surface area contributed by atoms with Crippen LogP contribution in [0.25, 0.3) is 0 Å². The Morgan fingerprint density at radius 2 is 2.08 bits per heavy atom. The van der Waals surface area contributed by atoms with E-state index in [1.807, 2.05) is 0 Å². The van der Waals surface area contributed by atoms with E-state index in [2.05, 4.69) is 0 Å². The Morgan fingerprint density at radius 3 is 2.75 bits per heavy atom. The van der Waals surface area contributed by atoms with Crippen LogP contribution in [0.1, 0.15) is 12.0 Å². The molecule has 66 valence electrons. The van der Waals surface area contributed by atoms with Crippen molar-refractivity contribution in [1.82, 2.24) is 0 Å². The maximum atomic E-state index is 9.15. The zero-order valence-electron chi connectivity index (χ0n) is 6.96. The van der Waals surface area contributed by atoms with Gasteiger partial charge in [0.1, 0.15) is 5.75 Å². The summed E-state index contributed by atoms with van der Waals surface area (Å²) >= 11 is 0. The summed E-state index contributed by atoms with van der Waals surface area (Å²) in [5.74, 6) is 0.260. The van der Waals surface area contributed by atoms with Gasteiger partial charge in [0.15, 0.2) is 0 Å². The molecule has 1 rings (SSSR count). The first-order chi connectivity index (χ1) is 5.74. The molecule has 3 nitrogen and oxygen atoms in total. The predicted octanol–water partition coefficient (Wildman–Crippen LogP) is 0.866. The molecule has 0 heterocycles. The molecule has 0 amide bonds. The first-order valence-electron chi connectivity index (χ1n) is 4.01. The van der Waals surface area contributed by atoms with Crippen molar-refractivity contribution in [2.75, 3.05) is 12.3 Å². The van der Waals surface area contributed by atoms with E-state index in [1.54, 1.807) is 18.2 Å². The minimum Gasteiger partial charge on any atom is -0.508 e. The molecule has 0 aliphatic rings. The highest BCUT2D eigenvalue weighted by Crippen LogP contribution is 2.19. The molecule has 0 saturated heterocycles. The molecule has 0 aromatic heterocycles. The highest BCUT2D eigenvalue weighted by atomic mass is 16.3. The zero-order valence-corrected chi connectivity index (χ0v) is 6.96. The summed E-state index contributed by atoms with van der Waals surface area (Å²) in [6.45, 7) is 0.648. The Morgan fingerprint density at radius 1 is 1.33 bits per heavy atom. The second kappa shape index (κ2) is 3.97. The van der Waals surface area contributed by atoms with Crippen LogP contribution in [0.15, 0.2) is 18.2 Å². The van der Waals surface area contributed by atoms with Crippen LogP contribution < -0.4 is 11.5 Å². The van der Waals surface area contributed by atoms with Gasteiger partial charge in [0.25, 0.3) is 0 Å². The van der Waals surface area contributed by atoms with Crippen LogP contribution in [0.4, 0.5) is 5.69 Å². The van der Waals surface area contributed by atoms with Crippen molar-refractivity contribution in [3.05, 3.63) is 23.8 Å². The summed E-state index contributed by atoms with van der Waals surface area (Å²) < 4.78 is 0. The molecular weight excluding hydrogens is 152 g/mol. The topological polar surface area (TPSA) is 72.3 Å². The third-order valence-corrected chi connectivity index (χ3v) is 1.78. The second-order valence-corrected chi connectivity index (χ2v) is 2.78. The van der Waals surface area contributed by atoms with Crippen molar-refractivity contribution in [3.63, 3.8) is 0 Å². The van der Waals surface area contributed by atoms with Gasteiger partial charge < -0.3 is 16.6 Å². The highest BCUT2D eigenvalue weighted by molar-refractivity contribution is 5.50. The van der Waals surface area contributed by atoms with E-state index >= 15 is 0 Å². The number of phenols is 1. The third kappa shape index (κ3) is 2.13. The van der Waals surface area contributed by atoms with E-state index in [0.29, 0.717) is 6.54 Å². The monoisotopic (exact) mass is 166 g/mol. The summed E-state index contributed by atoms with van der Waals surface area (Å²) in [6, 6.07) is 4.98. The molecule has 0 saturated carbocycles. The summed E-state index contributed by atoms with van der Waals surface area (Å²) in [7, 11) is 0. The molecule has 0 aliphatic carbocycles. The molecule has 1 aromatic rings. The molecule has 12 heavy (non-hydrogen) atoms. The molecule has 0 bridgehead atoms.